The quantitative estimate of drug-likeness (QED) is 0.916. The van der Waals surface area contributed by atoms with Gasteiger partial charge in [-0.2, -0.15) is 0 Å². The second kappa shape index (κ2) is 5.73. The van der Waals surface area contributed by atoms with Crippen LogP contribution in [0.5, 0.6) is 11.5 Å². The van der Waals surface area contributed by atoms with E-state index in [1.807, 2.05) is 18.2 Å². The molecule has 5 nitrogen and oxygen atoms in total. The number of fused-ring (bicyclic) bond motifs is 1. The molecule has 2 heterocycles. The van der Waals surface area contributed by atoms with Crippen molar-refractivity contribution in [2.24, 2.45) is 0 Å². The molecule has 104 valence electrons. The first-order chi connectivity index (χ1) is 9.72. The molecule has 0 saturated heterocycles. The fraction of sp³-hybridized carbons (Fsp3) is 0.231. The second-order valence-electron chi connectivity index (χ2n) is 4.21. The molecule has 7 heteroatoms. The van der Waals surface area contributed by atoms with Gasteiger partial charge in [-0.05, 0) is 12.1 Å². The fourth-order valence-electron chi connectivity index (χ4n) is 1.84. The second-order valence-corrected chi connectivity index (χ2v) is 4.95. The summed E-state index contributed by atoms with van der Waals surface area (Å²) in [5, 5.41) is 11.1. The number of rotatable bonds is 2. The number of nitrogens with one attached hydrogen (secondary N) is 1. The molecule has 2 aromatic rings. The molecule has 0 unspecified atom stereocenters. The number of halogens is 2. The smallest absolute Gasteiger partial charge is 0.175 e. The highest BCUT2D eigenvalue weighted by molar-refractivity contribution is 6.33. The minimum absolute atomic E-state index is 0.251. The maximum absolute atomic E-state index is 5.96. The Labute approximate surface area is 125 Å². The summed E-state index contributed by atoms with van der Waals surface area (Å²) in [6, 6.07) is 7.19. The molecule has 0 atom stereocenters. The van der Waals surface area contributed by atoms with E-state index in [-0.39, 0.29) is 10.3 Å². The first-order valence-corrected chi connectivity index (χ1v) is 6.83. The number of anilines is 2. The molecule has 3 rings (SSSR count). The predicted molar refractivity (Wildman–Crippen MR) is 77.4 cm³/mol. The predicted octanol–water partition coefficient (Wildman–Crippen LogP) is 3.69. The van der Waals surface area contributed by atoms with Crippen LogP contribution in [0.1, 0.15) is 6.42 Å². The summed E-state index contributed by atoms with van der Waals surface area (Å²) in [4.78, 5) is 0. The van der Waals surface area contributed by atoms with Gasteiger partial charge in [0.25, 0.3) is 0 Å². The summed E-state index contributed by atoms with van der Waals surface area (Å²) >= 11 is 11.8. The number of benzene rings is 1. The Kier molecular flexibility index (Phi) is 3.80. The molecule has 0 saturated carbocycles. The molecule has 1 aromatic heterocycles. The van der Waals surface area contributed by atoms with E-state index in [2.05, 4.69) is 15.5 Å². The summed E-state index contributed by atoms with van der Waals surface area (Å²) in [7, 11) is 0. The number of hydrogen-bond donors (Lipinski definition) is 1. The van der Waals surface area contributed by atoms with E-state index in [0.717, 1.165) is 17.9 Å². The first kappa shape index (κ1) is 13.3. The zero-order valence-corrected chi connectivity index (χ0v) is 11.9. The van der Waals surface area contributed by atoms with Crippen LogP contribution in [0.2, 0.25) is 10.3 Å². The molecule has 0 aliphatic carbocycles. The van der Waals surface area contributed by atoms with Crippen molar-refractivity contribution >= 4 is 34.6 Å². The van der Waals surface area contributed by atoms with Crippen molar-refractivity contribution in [2.45, 2.75) is 6.42 Å². The van der Waals surface area contributed by atoms with Crippen LogP contribution in [0.4, 0.5) is 11.4 Å². The van der Waals surface area contributed by atoms with E-state index in [4.69, 9.17) is 32.7 Å². The molecule has 20 heavy (non-hydrogen) atoms. The first-order valence-electron chi connectivity index (χ1n) is 6.08. The van der Waals surface area contributed by atoms with E-state index in [0.29, 0.717) is 24.7 Å². The maximum Gasteiger partial charge on any atom is 0.175 e. The summed E-state index contributed by atoms with van der Waals surface area (Å²) in [6.07, 6.45) is 0.868. The van der Waals surface area contributed by atoms with Crippen LogP contribution >= 0.6 is 23.2 Å². The summed E-state index contributed by atoms with van der Waals surface area (Å²) < 4.78 is 11.2. The number of ether oxygens (including phenoxy) is 2. The van der Waals surface area contributed by atoms with E-state index < -0.39 is 0 Å². The van der Waals surface area contributed by atoms with Gasteiger partial charge < -0.3 is 14.8 Å². The zero-order chi connectivity index (χ0) is 13.9. The number of nitrogens with zero attached hydrogens (tertiary/aromatic N) is 2. The van der Waals surface area contributed by atoms with Gasteiger partial charge in [0.05, 0.1) is 18.9 Å². The van der Waals surface area contributed by atoms with Gasteiger partial charge in [0.2, 0.25) is 0 Å². The molecular formula is C13H11Cl2N3O2. The van der Waals surface area contributed by atoms with Crippen molar-refractivity contribution in [2.75, 3.05) is 18.5 Å². The highest BCUT2D eigenvalue weighted by Gasteiger charge is 2.11. The standard InChI is InChI=1S/C13H11Cl2N3O2/c14-12-7-9(13(15)18-17-12)16-8-2-3-10-11(6-8)20-5-1-4-19-10/h2-3,6-7H,1,4-5H2,(H,16,17). The van der Waals surface area contributed by atoms with Crippen molar-refractivity contribution in [3.63, 3.8) is 0 Å². The SMILES string of the molecule is Clc1cc(Nc2ccc3c(c2)OCCCO3)c(Cl)nn1. The molecule has 0 radical (unpaired) electrons. The Morgan fingerprint density at radius 3 is 2.65 bits per heavy atom. The Balaban J connectivity index is 1.87. The van der Waals surface area contributed by atoms with E-state index in [1.165, 1.54) is 0 Å². The summed E-state index contributed by atoms with van der Waals surface area (Å²) in [6.45, 7) is 1.30. The average Bonchev–Trinajstić information content (AvgIpc) is 2.67. The van der Waals surface area contributed by atoms with Crippen molar-refractivity contribution < 1.29 is 9.47 Å². The summed E-state index contributed by atoms with van der Waals surface area (Å²) in [5.74, 6) is 1.45. The minimum Gasteiger partial charge on any atom is -0.490 e. The van der Waals surface area contributed by atoms with Crippen LogP contribution < -0.4 is 14.8 Å². The van der Waals surface area contributed by atoms with E-state index in [9.17, 15) is 0 Å². The third kappa shape index (κ3) is 2.89. The molecule has 1 aliphatic rings. The van der Waals surface area contributed by atoms with E-state index in [1.54, 1.807) is 6.07 Å². The monoisotopic (exact) mass is 311 g/mol. The highest BCUT2D eigenvalue weighted by Crippen LogP contribution is 2.34. The average molecular weight is 312 g/mol. The van der Waals surface area contributed by atoms with Crippen LogP contribution in [0.15, 0.2) is 24.3 Å². The van der Waals surface area contributed by atoms with Crippen LogP contribution in [0.25, 0.3) is 0 Å². The number of aromatic nitrogens is 2. The van der Waals surface area contributed by atoms with Crippen LogP contribution in [-0.4, -0.2) is 23.4 Å². The summed E-state index contributed by atoms with van der Waals surface area (Å²) in [5.41, 5.74) is 1.39. The van der Waals surface area contributed by atoms with Gasteiger partial charge in [-0.1, -0.05) is 23.2 Å². The van der Waals surface area contributed by atoms with Crippen LogP contribution in [0, 0.1) is 0 Å². The van der Waals surface area contributed by atoms with Gasteiger partial charge in [0, 0.05) is 24.2 Å². The van der Waals surface area contributed by atoms with Gasteiger partial charge in [0.15, 0.2) is 21.8 Å². The molecule has 1 aliphatic heterocycles. The lowest BCUT2D eigenvalue weighted by Gasteiger charge is -2.11. The molecule has 0 spiro atoms. The molecular weight excluding hydrogens is 301 g/mol. The third-order valence-corrected chi connectivity index (χ3v) is 3.21. The largest absolute Gasteiger partial charge is 0.490 e. The van der Waals surface area contributed by atoms with Crippen LogP contribution in [0.3, 0.4) is 0 Å². The number of hydrogen-bond acceptors (Lipinski definition) is 5. The van der Waals surface area contributed by atoms with Gasteiger partial charge in [-0.15, -0.1) is 10.2 Å². The van der Waals surface area contributed by atoms with Crippen LogP contribution in [-0.2, 0) is 0 Å². The molecule has 0 bridgehead atoms. The molecule has 0 fully saturated rings. The third-order valence-electron chi connectivity index (χ3n) is 2.75. The van der Waals surface area contributed by atoms with Crippen molar-refractivity contribution in [1.82, 2.24) is 10.2 Å². The Bertz CT molecular complexity index is 637. The zero-order valence-electron chi connectivity index (χ0n) is 10.4. The lowest BCUT2D eigenvalue weighted by atomic mass is 10.2. The molecule has 0 amide bonds. The lowest BCUT2D eigenvalue weighted by Crippen LogP contribution is -1.97. The highest BCUT2D eigenvalue weighted by atomic mass is 35.5. The Morgan fingerprint density at radius 2 is 1.80 bits per heavy atom. The Morgan fingerprint density at radius 1 is 1.00 bits per heavy atom. The van der Waals surface area contributed by atoms with Crippen molar-refractivity contribution in [3.8, 4) is 11.5 Å². The van der Waals surface area contributed by atoms with Crippen molar-refractivity contribution in [3.05, 3.63) is 34.6 Å². The van der Waals surface area contributed by atoms with Gasteiger partial charge in [0.1, 0.15) is 0 Å². The van der Waals surface area contributed by atoms with E-state index >= 15 is 0 Å². The van der Waals surface area contributed by atoms with Gasteiger partial charge in [-0.3, -0.25) is 0 Å². The minimum atomic E-state index is 0.251. The fourth-order valence-corrected chi connectivity index (χ4v) is 2.12. The normalized spacial score (nSPS) is 13.7. The molecule has 1 aromatic carbocycles. The maximum atomic E-state index is 5.96. The molecule has 1 N–H and O–H groups in total. The Hall–Kier alpha value is -1.72. The van der Waals surface area contributed by atoms with Crippen molar-refractivity contribution in [1.29, 1.82) is 0 Å². The topological polar surface area (TPSA) is 56.3 Å². The van der Waals surface area contributed by atoms with Gasteiger partial charge in [-0.25, -0.2) is 0 Å². The van der Waals surface area contributed by atoms with Gasteiger partial charge >= 0.3 is 0 Å². The lowest BCUT2D eigenvalue weighted by molar-refractivity contribution is 0.297.